The highest BCUT2D eigenvalue weighted by atomic mass is 16.5. The lowest BCUT2D eigenvalue weighted by Gasteiger charge is -2.18. The van der Waals surface area contributed by atoms with E-state index in [0.717, 1.165) is 5.56 Å². The van der Waals surface area contributed by atoms with Crippen LogP contribution in [0.4, 0.5) is 0 Å². The van der Waals surface area contributed by atoms with Crippen LogP contribution in [-0.4, -0.2) is 54.4 Å². The van der Waals surface area contributed by atoms with Gasteiger partial charge in [-0.1, -0.05) is 18.2 Å². The Morgan fingerprint density at radius 3 is 2.47 bits per heavy atom. The van der Waals surface area contributed by atoms with Gasteiger partial charge in [0, 0.05) is 24.7 Å². The molecule has 1 aromatic carbocycles. The molecule has 2 N–H and O–H groups in total. The van der Waals surface area contributed by atoms with Gasteiger partial charge in [0.1, 0.15) is 5.75 Å². The van der Waals surface area contributed by atoms with Gasteiger partial charge in [-0.15, -0.1) is 0 Å². The first-order valence-electron chi connectivity index (χ1n) is 6.04. The molecule has 0 aliphatic carbocycles. The summed E-state index contributed by atoms with van der Waals surface area (Å²) in [6.07, 6.45) is 3.06. The maximum absolute atomic E-state index is 11.9. The smallest absolute Gasteiger partial charge is 0.246 e. The van der Waals surface area contributed by atoms with Crippen LogP contribution in [0.5, 0.6) is 5.75 Å². The van der Waals surface area contributed by atoms with Gasteiger partial charge in [-0.25, -0.2) is 0 Å². The Morgan fingerprint density at radius 1 is 1.26 bits per heavy atom. The number of carbonyl (C=O) groups excluding carboxylic acids is 1. The van der Waals surface area contributed by atoms with E-state index in [1.807, 2.05) is 24.3 Å². The molecule has 0 heterocycles. The molecule has 0 bridgehead atoms. The van der Waals surface area contributed by atoms with Crippen LogP contribution in [0, 0.1) is 0 Å². The summed E-state index contributed by atoms with van der Waals surface area (Å²) < 4.78 is 5.18. The highest BCUT2D eigenvalue weighted by Gasteiger charge is 2.09. The molecule has 0 aliphatic heterocycles. The predicted octanol–water partition coefficient (Wildman–Crippen LogP) is 0.522. The van der Waals surface area contributed by atoms with E-state index in [-0.39, 0.29) is 32.2 Å². The van der Waals surface area contributed by atoms with Crippen molar-refractivity contribution in [2.75, 3.05) is 33.4 Å². The first-order chi connectivity index (χ1) is 9.22. The van der Waals surface area contributed by atoms with Crippen molar-refractivity contribution >= 4 is 12.0 Å². The average molecular weight is 265 g/mol. The average Bonchev–Trinajstić information content (AvgIpc) is 2.44. The van der Waals surface area contributed by atoms with Crippen LogP contribution in [0.25, 0.3) is 6.08 Å². The van der Waals surface area contributed by atoms with Crippen molar-refractivity contribution in [3.8, 4) is 5.75 Å². The third-order valence-corrected chi connectivity index (χ3v) is 2.60. The summed E-state index contributed by atoms with van der Waals surface area (Å²) in [7, 11) is 1.57. The summed E-state index contributed by atoms with van der Waals surface area (Å²) in [4.78, 5) is 13.3. The Bertz CT molecular complexity index is 425. The van der Waals surface area contributed by atoms with Crippen molar-refractivity contribution < 1.29 is 19.7 Å². The number of hydrogen-bond acceptors (Lipinski definition) is 4. The molecular weight excluding hydrogens is 246 g/mol. The van der Waals surface area contributed by atoms with E-state index in [1.54, 1.807) is 13.2 Å². The van der Waals surface area contributed by atoms with E-state index in [4.69, 9.17) is 14.9 Å². The van der Waals surface area contributed by atoms with Crippen molar-refractivity contribution in [3.05, 3.63) is 35.9 Å². The topological polar surface area (TPSA) is 70.0 Å². The van der Waals surface area contributed by atoms with E-state index < -0.39 is 0 Å². The van der Waals surface area contributed by atoms with Gasteiger partial charge in [-0.05, 0) is 12.1 Å². The fourth-order valence-corrected chi connectivity index (χ4v) is 1.64. The largest absolute Gasteiger partial charge is 0.496 e. The van der Waals surface area contributed by atoms with E-state index in [1.165, 1.54) is 11.0 Å². The molecule has 0 fully saturated rings. The number of aliphatic hydroxyl groups is 2. The number of benzene rings is 1. The van der Waals surface area contributed by atoms with Crippen molar-refractivity contribution in [1.82, 2.24) is 4.90 Å². The summed E-state index contributed by atoms with van der Waals surface area (Å²) >= 11 is 0. The molecule has 1 aromatic rings. The zero-order valence-electron chi connectivity index (χ0n) is 11.0. The normalized spacial score (nSPS) is 10.7. The maximum atomic E-state index is 11.9. The molecule has 0 atom stereocenters. The lowest BCUT2D eigenvalue weighted by atomic mass is 10.2. The SMILES string of the molecule is COc1ccccc1C=CC(=O)N(CCO)CCO. The Kier molecular flexibility index (Phi) is 6.63. The van der Waals surface area contributed by atoms with E-state index in [2.05, 4.69) is 0 Å². The molecule has 0 unspecified atom stereocenters. The zero-order chi connectivity index (χ0) is 14.1. The second kappa shape index (κ2) is 8.29. The second-order valence-electron chi connectivity index (χ2n) is 3.85. The second-order valence-corrected chi connectivity index (χ2v) is 3.85. The summed E-state index contributed by atoms with van der Waals surface area (Å²) in [6.45, 7) is 0.147. The number of amides is 1. The first-order valence-corrected chi connectivity index (χ1v) is 6.04. The van der Waals surface area contributed by atoms with Crippen LogP contribution >= 0.6 is 0 Å². The molecular formula is C14H19NO4. The Hall–Kier alpha value is -1.85. The van der Waals surface area contributed by atoms with Crippen LogP contribution in [0.3, 0.4) is 0 Å². The Balaban J connectivity index is 2.76. The molecule has 0 spiro atoms. The van der Waals surface area contributed by atoms with Gasteiger partial charge >= 0.3 is 0 Å². The molecule has 0 aliphatic rings. The summed E-state index contributed by atoms with van der Waals surface area (Å²) in [5, 5.41) is 17.7. The minimum atomic E-state index is -0.256. The molecule has 0 aromatic heterocycles. The maximum Gasteiger partial charge on any atom is 0.246 e. The molecule has 0 saturated heterocycles. The fourth-order valence-electron chi connectivity index (χ4n) is 1.64. The molecule has 0 saturated carbocycles. The highest BCUT2D eigenvalue weighted by molar-refractivity contribution is 5.92. The van der Waals surface area contributed by atoms with Crippen molar-refractivity contribution in [3.63, 3.8) is 0 Å². The van der Waals surface area contributed by atoms with Crippen molar-refractivity contribution in [2.24, 2.45) is 0 Å². The lowest BCUT2D eigenvalue weighted by molar-refractivity contribution is -0.126. The quantitative estimate of drug-likeness (QED) is 0.705. The monoisotopic (exact) mass is 265 g/mol. The predicted molar refractivity (Wildman–Crippen MR) is 72.8 cm³/mol. The van der Waals surface area contributed by atoms with Crippen LogP contribution in [0.15, 0.2) is 30.3 Å². The van der Waals surface area contributed by atoms with Gasteiger partial charge in [0.15, 0.2) is 0 Å². The highest BCUT2D eigenvalue weighted by Crippen LogP contribution is 2.18. The Morgan fingerprint density at radius 2 is 1.89 bits per heavy atom. The third kappa shape index (κ3) is 4.73. The van der Waals surface area contributed by atoms with Crippen LogP contribution < -0.4 is 4.74 Å². The molecule has 1 amide bonds. The number of rotatable bonds is 7. The molecule has 19 heavy (non-hydrogen) atoms. The van der Waals surface area contributed by atoms with Crippen LogP contribution in [-0.2, 0) is 4.79 Å². The van der Waals surface area contributed by atoms with Crippen molar-refractivity contribution in [2.45, 2.75) is 0 Å². The van der Waals surface area contributed by atoms with Crippen LogP contribution in [0.2, 0.25) is 0 Å². The molecule has 1 rings (SSSR count). The minimum Gasteiger partial charge on any atom is -0.496 e. The van der Waals surface area contributed by atoms with Gasteiger partial charge in [0.05, 0.1) is 20.3 Å². The molecule has 0 radical (unpaired) electrons. The standard InChI is InChI=1S/C14H19NO4/c1-19-13-5-3-2-4-12(13)6-7-14(18)15(8-10-16)9-11-17/h2-7,16-17H,8-11H2,1H3. The van der Waals surface area contributed by atoms with Gasteiger partial charge in [0.2, 0.25) is 5.91 Å². The number of methoxy groups -OCH3 is 1. The molecule has 5 nitrogen and oxygen atoms in total. The number of hydrogen-bond donors (Lipinski definition) is 2. The number of aliphatic hydroxyl groups excluding tert-OH is 2. The van der Waals surface area contributed by atoms with Crippen molar-refractivity contribution in [1.29, 1.82) is 0 Å². The number of ether oxygens (including phenoxy) is 1. The van der Waals surface area contributed by atoms with E-state index >= 15 is 0 Å². The first kappa shape index (κ1) is 15.2. The lowest BCUT2D eigenvalue weighted by Crippen LogP contribution is -2.34. The summed E-state index contributed by atoms with van der Waals surface area (Å²) in [5.41, 5.74) is 0.797. The Labute approximate surface area is 112 Å². The summed E-state index contributed by atoms with van der Waals surface area (Å²) in [6, 6.07) is 7.35. The molecule has 104 valence electrons. The fraction of sp³-hybridized carbons (Fsp3) is 0.357. The van der Waals surface area contributed by atoms with Gasteiger partial charge < -0.3 is 19.8 Å². The zero-order valence-corrected chi connectivity index (χ0v) is 11.0. The van der Waals surface area contributed by atoms with Gasteiger partial charge in [-0.2, -0.15) is 0 Å². The van der Waals surface area contributed by atoms with Crippen LogP contribution in [0.1, 0.15) is 5.56 Å². The number of carbonyl (C=O) groups is 1. The minimum absolute atomic E-state index is 0.131. The van der Waals surface area contributed by atoms with E-state index in [9.17, 15) is 4.79 Å². The van der Waals surface area contributed by atoms with E-state index in [0.29, 0.717) is 5.75 Å². The number of para-hydroxylation sites is 1. The summed E-state index contributed by atoms with van der Waals surface area (Å²) in [5.74, 6) is 0.427. The van der Waals surface area contributed by atoms with Gasteiger partial charge in [0.25, 0.3) is 0 Å². The molecule has 5 heteroatoms. The van der Waals surface area contributed by atoms with Gasteiger partial charge in [-0.3, -0.25) is 4.79 Å². The number of nitrogens with zero attached hydrogens (tertiary/aromatic N) is 1. The third-order valence-electron chi connectivity index (χ3n) is 2.60.